The van der Waals surface area contributed by atoms with Gasteiger partial charge in [-0.3, -0.25) is 4.79 Å². The number of Topliss-reactive ketones (excluding diaryl/α,β-unsaturated/α-hetero) is 1. The van der Waals surface area contributed by atoms with Gasteiger partial charge in [-0.05, 0) is 20.3 Å². The van der Waals surface area contributed by atoms with E-state index in [-0.39, 0.29) is 12.5 Å². The molecule has 0 N–H and O–H groups in total. The minimum absolute atomic E-state index is 0.173. The Hall–Kier alpha value is -1.48. The minimum Gasteiger partial charge on any atom is -0.454 e. The highest BCUT2D eigenvalue weighted by atomic mass is 16.5. The fraction of sp³-hybridized carbons (Fsp3) is 0.667. The smallest absolute Gasteiger partial charge is 0.441 e. The molecule has 0 rings (SSSR count). The Morgan fingerprint density at radius 2 is 2.00 bits per heavy atom. The molecule has 0 aliphatic carbocycles. The second-order valence-electron chi connectivity index (χ2n) is 3.08. The number of hydrogen-bond donors (Lipinski definition) is 0. The standard InChI is InChI=1S/C9H14N2O3/c1-4-5-7(12)8(11-10)9(13)14-6(2)3/h6H,4-5H2,1-3H3. The van der Waals surface area contributed by atoms with Crippen molar-refractivity contribution < 1.29 is 19.1 Å². The molecule has 0 fully saturated rings. The van der Waals surface area contributed by atoms with Crippen LogP contribution < -0.4 is 0 Å². The van der Waals surface area contributed by atoms with Crippen molar-refractivity contribution in [1.29, 1.82) is 0 Å². The first kappa shape index (κ1) is 12.5. The van der Waals surface area contributed by atoms with Crippen LogP contribution in [0, 0.1) is 0 Å². The summed E-state index contributed by atoms with van der Waals surface area (Å²) in [4.78, 5) is 25.0. The average Bonchev–Trinajstić information content (AvgIpc) is 2.04. The van der Waals surface area contributed by atoms with Gasteiger partial charge in [0.25, 0.3) is 5.78 Å². The molecule has 0 spiro atoms. The second kappa shape index (κ2) is 6.05. The van der Waals surface area contributed by atoms with Crippen LogP contribution in [0.5, 0.6) is 0 Å². The van der Waals surface area contributed by atoms with Crippen molar-refractivity contribution in [2.45, 2.75) is 39.7 Å². The van der Waals surface area contributed by atoms with Gasteiger partial charge in [0.1, 0.15) is 0 Å². The molecule has 0 aromatic carbocycles. The molecule has 5 heteroatoms. The van der Waals surface area contributed by atoms with Gasteiger partial charge in [0, 0.05) is 6.42 Å². The Balaban J connectivity index is 4.51. The highest BCUT2D eigenvalue weighted by molar-refractivity contribution is 6.62. The third-order valence-corrected chi connectivity index (χ3v) is 1.38. The van der Waals surface area contributed by atoms with Crippen LogP contribution in [-0.2, 0) is 14.3 Å². The molecule has 0 unspecified atom stereocenters. The van der Waals surface area contributed by atoms with E-state index in [1.165, 1.54) is 0 Å². The van der Waals surface area contributed by atoms with Crippen LogP contribution in [0.25, 0.3) is 5.53 Å². The van der Waals surface area contributed by atoms with E-state index in [2.05, 4.69) is 4.79 Å². The lowest BCUT2D eigenvalue weighted by atomic mass is 10.1. The predicted octanol–water partition coefficient (Wildman–Crippen LogP) is 0.978. The molecule has 78 valence electrons. The zero-order chi connectivity index (χ0) is 11.1. The van der Waals surface area contributed by atoms with Crippen molar-refractivity contribution in [2.75, 3.05) is 0 Å². The summed E-state index contributed by atoms with van der Waals surface area (Å²) in [5, 5.41) is 0. The molecule has 0 saturated carbocycles. The molecule has 0 saturated heterocycles. The lowest BCUT2D eigenvalue weighted by Crippen LogP contribution is -2.29. The molecule has 0 aromatic heterocycles. The molecular formula is C9H14N2O3. The minimum atomic E-state index is -0.874. The van der Waals surface area contributed by atoms with Crippen molar-refractivity contribution in [1.82, 2.24) is 0 Å². The van der Waals surface area contributed by atoms with Crippen LogP contribution >= 0.6 is 0 Å². The van der Waals surface area contributed by atoms with Crippen LogP contribution in [0.4, 0.5) is 0 Å². The zero-order valence-electron chi connectivity index (χ0n) is 8.61. The molecule has 0 aromatic rings. The van der Waals surface area contributed by atoms with Crippen molar-refractivity contribution in [2.24, 2.45) is 0 Å². The van der Waals surface area contributed by atoms with Crippen LogP contribution in [0.15, 0.2) is 0 Å². The van der Waals surface area contributed by atoms with Crippen molar-refractivity contribution in [3.8, 4) is 0 Å². The summed E-state index contributed by atoms with van der Waals surface area (Å²) in [7, 11) is 0. The van der Waals surface area contributed by atoms with Crippen LogP contribution in [0.2, 0.25) is 0 Å². The number of nitrogens with zero attached hydrogens (tertiary/aromatic N) is 2. The first-order chi connectivity index (χ1) is 6.52. The van der Waals surface area contributed by atoms with E-state index in [4.69, 9.17) is 10.3 Å². The summed E-state index contributed by atoms with van der Waals surface area (Å²) < 4.78 is 4.72. The number of carbonyl (C=O) groups excluding carboxylic acids is 2. The normalized spacial score (nSPS) is 9.43. The number of ketones is 1. The Morgan fingerprint density at radius 3 is 2.36 bits per heavy atom. The Kier molecular flexibility index (Phi) is 5.41. The van der Waals surface area contributed by atoms with Gasteiger partial charge in [-0.25, -0.2) is 4.79 Å². The van der Waals surface area contributed by atoms with Gasteiger partial charge in [-0.1, -0.05) is 6.92 Å². The SMILES string of the molecule is CCCC(=O)C(=[N+]=[N-])C(=O)OC(C)C. The Bertz CT molecular complexity index is 278. The maximum absolute atomic E-state index is 11.2. The van der Waals surface area contributed by atoms with Crippen LogP contribution in [0.1, 0.15) is 33.6 Å². The van der Waals surface area contributed by atoms with Crippen molar-refractivity contribution in [3.05, 3.63) is 5.53 Å². The third kappa shape index (κ3) is 3.96. The molecule has 5 nitrogen and oxygen atoms in total. The Morgan fingerprint density at radius 1 is 1.43 bits per heavy atom. The monoisotopic (exact) mass is 198 g/mol. The van der Waals surface area contributed by atoms with E-state index >= 15 is 0 Å². The molecule has 0 amide bonds. The molecule has 14 heavy (non-hydrogen) atoms. The fourth-order valence-corrected chi connectivity index (χ4v) is 0.826. The lowest BCUT2D eigenvalue weighted by molar-refractivity contribution is -0.145. The zero-order valence-corrected chi connectivity index (χ0v) is 8.61. The van der Waals surface area contributed by atoms with Crippen LogP contribution in [-0.4, -0.2) is 28.4 Å². The van der Waals surface area contributed by atoms with Crippen molar-refractivity contribution in [3.63, 3.8) is 0 Å². The first-order valence-corrected chi connectivity index (χ1v) is 4.49. The highest BCUT2D eigenvalue weighted by Crippen LogP contribution is 1.96. The summed E-state index contributed by atoms with van der Waals surface area (Å²) in [6.07, 6.45) is 0.424. The first-order valence-electron chi connectivity index (χ1n) is 4.49. The average molecular weight is 198 g/mol. The van der Waals surface area contributed by atoms with Gasteiger partial charge in [-0.2, -0.15) is 4.79 Å². The lowest BCUT2D eigenvalue weighted by Gasteiger charge is -2.03. The summed E-state index contributed by atoms with van der Waals surface area (Å²) >= 11 is 0. The topological polar surface area (TPSA) is 79.8 Å². The summed E-state index contributed by atoms with van der Waals surface area (Å²) in [6.45, 7) is 5.09. The van der Waals surface area contributed by atoms with E-state index in [0.29, 0.717) is 6.42 Å². The quantitative estimate of drug-likeness (QED) is 0.217. The molecule has 0 aliphatic rings. The largest absolute Gasteiger partial charge is 0.454 e. The molecule has 0 heterocycles. The van der Waals surface area contributed by atoms with Gasteiger partial charge >= 0.3 is 11.7 Å². The number of rotatable bonds is 5. The van der Waals surface area contributed by atoms with E-state index < -0.39 is 17.5 Å². The van der Waals surface area contributed by atoms with Crippen molar-refractivity contribution >= 4 is 17.5 Å². The fourth-order valence-electron chi connectivity index (χ4n) is 0.826. The van der Waals surface area contributed by atoms with E-state index in [9.17, 15) is 9.59 Å². The molecule has 0 aliphatic heterocycles. The number of ether oxygens (including phenoxy) is 1. The number of hydrogen-bond acceptors (Lipinski definition) is 3. The molecular weight excluding hydrogens is 184 g/mol. The highest BCUT2D eigenvalue weighted by Gasteiger charge is 2.30. The third-order valence-electron chi connectivity index (χ3n) is 1.38. The Labute approximate surface area is 82.7 Å². The number of carbonyl (C=O) groups is 2. The summed E-state index contributed by atoms with van der Waals surface area (Å²) in [5.74, 6) is -1.37. The van der Waals surface area contributed by atoms with Gasteiger partial charge in [0.15, 0.2) is 0 Å². The van der Waals surface area contributed by atoms with Gasteiger partial charge in [-0.15, -0.1) is 0 Å². The number of esters is 1. The van der Waals surface area contributed by atoms with Gasteiger partial charge in [0.05, 0.1) is 6.10 Å². The van der Waals surface area contributed by atoms with Gasteiger partial charge in [0.2, 0.25) is 0 Å². The maximum atomic E-state index is 11.2. The molecule has 0 bridgehead atoms. The van der Waals surface area contributed by atoms with E-state index in [0.717, 1.165) is 0 Å². The second-order valence-corrected chi connectivity index (χ2v) is 3.08. The van der Waals surface area contributed by atoms with E-state index in [1.54, 1.807) is 20.8 Å². The van der Waals surface area contributed by atoms with Crippen LogP contribution in [0.3, 0.4) is 0 Å². The molecule has 0 radical (unpaired) electrons. The summed E-state index contributed by atoms with van der Waals surface area (Å²) in [5.41, 5.74) is 7.95. The van der Waals surface area contributed by atoms with Gasteiger partial charge < -0.3 is 10.3 Å². The molecule has 0 atom stereocenters. The summed E-state index contributed by atoms with van der Waals surface area (Å²) in [6, 6.07) is 0. The van der Waals surface area contributed by atoms with E-state index in [1.807, 2.05) is 0 Å². The predicted molar refractivity (Wildman–Crippen MR) is 49.8 cm³/mol. The maximum Gasteiger partial charge on any atom is 0.441 e.